The lowest BCUT2D eigenvalue weighted by Gasteiger charge is -2.06. The summed E-state index contributed by atoms with van der Waals surface area (Å²) in [6.45, 7) is 5.07. The molecule has 0 atom stereocenters. The standard InChI is InChI=1S/C17H14F2O2/c1-11(2)17(20)21-15-9-7-13(8-10-15)12-3-5-14(6-4-12)16(18)19/h3-10,16H,1H2,2H3. The third-order valence-corrected chi connectivity index (χ3v) is 2.91. The molecule has 0 saturated carbocycles. The van der Waals surface area contributed by atoms with Gasteiger partial charge in [-0.25, -0.2) is 13.6 Å². The average molecular weight is 288 g/mol. The van der Waals surface area contributed by atoms with Gasteiger partial charge in [-0.05, 0) is 30.2 Å². The van der Waals surface area contributed by atoms with E-state index in [9.17, 15) is 13.6 Å². The first-order chi connectivity index (χ1) is 9.97. The second-order valence-corrected chi connectivity index (χ2v) is 4.62. The van der Waals surface area contributed by atoms with Crippen molar-refractivity contribution in [3.05, 3.63) is 66.2 Å². The molecule has 0 aliphatic heterocycles. The fourth-order valence-electron chi connectivity index (χ4n) is 1.73. The highest BCUT2D eigenvalue weighted by Gasteiger charge is 2.08. The summed E-state index contributed by atoms with van der Waals surface area (Å²) in [5, 5.41) is 0. The molecule has 2 aromatic carbocycles. The lowest BCUT2D eigenvalue weighted by atomic mass is 10.0. The van der Waals surface area contributed by atoms with Crippen molar-refractivity contribution < 1.29 is 18.3 Å². The van der Waals surface area contributed by atoms with Gasteiger partial charge >= 0.3 is 5.97 Å². The predicted octanol–water partition coefficient (Wildman–Crippen LogP) is 4.77. The molecule has 0 N–H and O–H groups in total. The first kappa shape index (κ1) is 14.9. The molecule has 0 spiro atoms. The normalized spacial score (nSPS) is 10.5. The van der Waals surface area contributed by atoms with Crippen LogP contribution in [-0.2, 0) is 4.79 Å². The third-order valence-electron chi connectivity index (χ3n) is 2.91. The smallest absolute Gasteiger partial charge is 0.338 e. The Hall–Kier alpha value is -2.49. The number of carbonyl (C=O) groups is 1. The van der Waals surface area contributed by atoms with E-state index < -0.39 is 12.4 Å². The molecular formula is C17H14F2O2. The second kappa shape index (κ2) is 6.31. The number of hydrogen-bond acceptors (Lipinski definition) is 2. The Bertz CT molecular complexity index is 643. The lowest BCUT2D eigenvalue weighted by molar-refractivity contribution is -0.130. The van der Waals surface area contributed by atoms with Crippen LogP contribution in [0.3, 0.4) is 0 Å². The molecule has 0 unspecified atom stereocenters. The quantitative estimate of drug-likeness (QED) is 0.460. The Morgan fingerprint density at radius 1 is 1.00 bits per heavy atom. The zero-order valence-corrected chi connectivity index (χ0v) is 11.5. The number of hydrogen-bond donors (Lipinski definition) is 0. The van der Waals surface area contributed by atoms with Crippen LogP contribution in [0, 0.1) is 0 Å². The molecule has 0 aliphatic rings. The van der Waals surface area contributed by atoms with E-state index in [2.05, 4.69) is 6.58 Å². The molecule has 0 saturated heterocycles. The van der Waals surface area contributed by atoms with Crippen LogP contribution in [-0.4, -0.2) is 5.97 Å². The Balaban J connectivity index is 2.15. The van der Waals surface area contributed by atoms with Crippen LogP contribution >= 0.6 is 0 Å². The van der Waals surface area contributed by atoms with Gasteiger partial charge in [0.2, 0.25) is 0 Å². The van der Waals surface area contributed by atoms with E-state index in [0.29, 0.717) is 11.3 Å². The maximum absolute atomic E-state index is 12.5. The molecule has 0 fully saturated rings. The van der Waals surface area contributed by atoms with Gasteiger partial charge in [0, 0.05) is 11.1 Å². The first-order valence-electron chi connectivity index (χ1n) is 6.33. The lowest BCUT2D eigenvalue weighted by Crippen LogP contribution is -2.07. The number of carbonyl (C=O) groups excluding carboxylic acids is 1. The Labute approximate surface area is 121 Å². The molecule has 2 aromatic rings. The van der Waals surface area contributed by atoms with Crippen molar-refractivity contribution >= 4 is 5.97 Å². The summed E-state index contributed by atoms with van der Waals surface area (Å²) < 4.78 is 30.1. The minimum atomic E-state index is -2.47. The van der Waals surface area contributed by atoms with Gasteiger partial charge in [0.15, 0.2) is 0 Å². The van der Waals surface area contributed by atoms with Crippen molar-refractivity contribution in [3.8, 4) is 16.9 Å². The molecule has 0 aromatic heterocycles. The first-order valence-corrected chi connectivity index (χ1v) is 6.33. The van der Waals surface area contributed by atoms with E-state index in [1.165, 1.54) is 12.1 Å². The van der Waals surface area contributed by atoms with E-state index in [-0.39, 0.29) is 5.56 Å². The van der Waals surface area contributed by atoms with Crippen molar-refractivity contribution in [2.45, 2.75) is 13.3 Å². The molecule has 0 aliphatic carbocycles. The Morgan fingerprint density at radius 3 is 1.90 bits per heavy atom. The molecule has 0 radical (unpaired) electrons. The number of halogens is 2. The minimum absolute atomic E-state index is 0.00856. The molecule has 4 heteroatoms. The molecule has 21 heavy (non-hydrogen) atoms. The number of alkyl halides is 2. The summed E-state index contributed by atoms with van der Waals surface area (Å²) in [6, 6.07) is 12.9. The predicted molar refractivity (Wildman–Crippen MR) is 77.3 cm³/mol. The van der Waals surface area contributed by atoms with E-state index in [0.717, 1.165) is 11.1 Å². The second-order valence-electron chi connectivity index (χ2n) is 4.62. The largest absolute Gasteiger partial charge is 0.423 e. The molecule has 0 heterocycles. The minimum Gasteiger partial charge on any atom is -0.423 e. The van der Waals surface area contributed by atoms with Crippen molar-refractivity contribution in [2.75, 3.05) is 0 Å². The molecule has 0 amide bonds. The summed E-state index contributed by atoms with van der Waals surface area (Å²) in [5.41, 5.74) is 1.98. The van der Waals surface area contributed by atoms with Gasteiger partial charge < -0.3 is 4.74 Å². The Kier molecular flexibility index (Phi) is 4.48. The van der Waals surface area contributed by atoms with Gasteiger partial charge in [0.1, 0.15) is 5.75 Å². The van der Waals surface area contributed by atoms with Crippen LogP contribution in [0.2, 0.25) is 0 Å². The van der Waals surface area contributed by atoms with Gasteiger partial charge in [-0.15, -0.1) is 0 Å². The van der Waals surface area contributed by atoms with Gasteiger partial charge in [0.25, 0.3) is 6.43 Å². The highest BCUT2D eigenvalue weighted by Crippen LogP contribution is 2.25. The highest BCUT2D eigenvalue weighted by molar-refractivity contribution is 5.88. The molecular weight excluding hydrogens is 274 g/mol. The van der Waals surface area contributed by atoms with Crippen molar-refractivity contribution in [3.63, 3.8) is 0 Å². The number of benzene rings is 2. The molecule has 2 rings (SSSR count). The third kappa shape index (κ3) is 3.75. The van der Waals surface area contributed by atoms with Crippen LogP contribution < -0.4 is 4.74 Å². The van der Waals surface area contributed by atoms with Crippen LogP contribution in [0.5, 0.6) is 5.75 Å². The van der Waals surface area contributed by atoms with Crippen LogP contribution in [0.25, 0.3) is 11.1 Å². The summed E-state index contributed by atoms with van der Waals surface area (Å²) >= 11 is 0. The number of esters is 1. The fourth-order valence-corrected chi connectivity index (χ4v) is 1.73. The SMILES string of the molecule is C=C(C)C(=O)Oc1ccc(-c2ccc(C(F)F)cc2)cc1. The van der Waals surface area contributed by atoms with Crippen LogP contribution in [0.1, 0.15) is 18.9 Å². The van der Waals surface area contributed by atoms with Crippen molar-refractivity contribution in [2.24, 2.45) is 0 Å². The fraction of sp³-hybridized carbons (Fsp3) is 0.118. The van der Waals surface area contributed by atoms with Crippen LogP contribution in [0.4, 0.5) is 8.78 Å². The maximum atomic E-state index is 12.5. The average Bonchev–Trinajstić information content (AvgIpc) is 2.48. The summed E-state index contributed by atoms with van der Waals surface area (Å²) in [6.07, 6.45) is -2.47. The van der Waals surface area contributed by atoms with E-state index in [1.807, 2.05) is 0 Å². The molecule has 108 valence electrons. The zero-order chi connectivity index (χ0) is 15.4. The number of rotatable bonds is 4. The Morgan fingerprint density at radius 2 is 1.48 bits per heavy atom. The summed E-state index contributed by atoms with van der Waals surface area (Å²) in [7, 11) is 0. The van der Waals surface area contributed by atoms with E-state index in [4.69, 9.17) is 4.74 Å². The number of ether oxygens (including phenoxy) is 1. The van der Waals surface area contributed by atoms with Gasteiger partial charge in [0.05, 0.1) is 0 Å². The van der Waals surface area contributed by atoms with Crippen molar-refractivity contribution in [1.29, 1.82) is 0 Å². The summed E-state index contributed by atoms with van der Waals surface area (Å²) in [4.78, 5) is 11.4. The zero-order valence-electron chi connectivity index (χ0n) is 11.5. The van der Waals surface area contributed by atoms with E-state index in [1.54, 1.807) is 43.3 Å². The van der Waals surface area contributed by atoms with Crippen molar-refractivity contribution in [1.82, 2.24) is 0 Å². The van der Waals surface area contributed by atoms with Gasteiger partial charge in [-0.2, -0.15) is 0 Å². The topological polar surface area (TPSA) is 26.3 Å². The molecule has 0 bridgehead atoms. The van der Waals surface area contributed by atoms with Crippen LogP contribution in [0.15, 0.2) is 60.7 Å². The summed E-state index contributed by atoms with van der Waals surface area (Å²) in [5.74, 6) is -0.0695. The monoisotopic (exact) mass is 288 g/mol. The van der Waals surface area contributed by atoms with Gasteiger partial charge in [-0.1, -0.05) is 43.0 Å². The van der Waals surface area contributed by atoms with Gasteiger partial charge in [-0.3, -0.25) is 0 Å². The van der Waals surface area contributed by atoms with E-state index >= 15 is 0 Å². The maximum Gasteiger partial charge on any atom is 0.338 e. The highest BCUT2D eigenvalue weighted by atomic mass is 19.3. The molecule has 2 nitrogen and oxygen atoms in total.